The summed E-state index contributed by atoms with van der Waals surface area (Å²) in [7, 11) is -1.76. The Labute approximate surface area is 112 Å². The molecule has 0 aliphatic carbocycles. The molecule has 1 aromatic heterocycles. The standard InChI is InChI=1S/C15H25NOSi/c1-11(2)18(12(3)4,13(5)6)15-9-16-8-7-14(15)10-17/h7-13H,1-6H3. The summed E-state index contributed by atoms with van der Waals surface area (Å²) in [4.78, 5) is 15.6. The second-order valence-electron chi connectivity index (χ2n) is 5.98. The van der Waals surface area contributed by atoms with Crippen LogP contribution < -0.4 is 5.19 Å². The van der Waals surface area contributed by atoms with Gasteiger partial charge in [-0.2, -0.15) is 0 Å². The van der Waals surface area contributed by atoms with Crippen molar-refractivity contribution in [2.75, 3.05) is 0 Å². The van der Waals surface area contributed by atoms with Gasteiger partial charge in [-0.1, -0.05) is 41.5 Å². The zero-order valence-electron chi connectivity index (χ0n) is 12.4. The summed E-state index contributed by atoms with van der Waals surface area (Å²) in [5, 5.41) is 1.24. The molecule has 18 heavy (non-hydrogen) atoms. The van der Waals surface area contributed by atoms with Crippen LogP contribution >= 0.6 is 0 Å². The maximum atomic E-state index is 11.3. The Morgan fingerprint density at radius 3 is 1.94 bits per heavy atom. The van der Waals surface area contributed by atoms with Crippen molar-refractivity contribution in [3.63, 3.8) is 0 Å². The predicted molar refractivity (Wildman–Crippen MR) is 80.3 cm³/mol. The number of carbonyl (C=O) groups is 1. The van der Waals surface area contributed by atoms with E-state index in [2.05, 4.69) is 46.5 Å². The molecule has 0 fully saturated rings. The first kappa shape index (κ1) is 15.1. The fraction of sp³-hybridized carbons (Fsp3) is 0.600. The van der Waals surface area contributed by atoms with Crippen LogP contribution in [0.15, 0.2) is 18.5 Å². The monoisotopic (exact) mass is 263 g/mol. The van der Waals surface area contributed by atoms with E-state index >= 15 is 0 Å². The van der Waals surface area contributed by atoms with Crippen molar-refractivity contribution in [2.24, 2.45) is 0 Å². The third-order valence-electron chi connectivity index (χ3n) is 4.31. The van der Waals surface area contributed by atoms with Crippen LogP contribution in [0, 0.1) is 0 Å². The SMILES string of the molecule is CC(C)[Si](c1cnccc1C=O)(C(C)C)C(C)C. The minimum absolute atomic E-state index is 0.598. The molecule has 1 heterocycles. The van der Waals surface area contributed by atoms with E-state index in [9.17, 15) is 4.79 Å². The molecule has 0 unspecified atom stereocenters. The lowest BCUT2D eigenvalue weighted by molar-refractivity contribution is 0.112. The molecule has 0 saturated carbocycles. The van der Waals surface area contributed by atoms with Gasteiger partial charge in [-0.25, -0.2) is 0 Å². The molecular weight excluding hydrogens is 238 g/mol. The van der Waals surface area contributed by atoms with Crippen molar-refractivity contribution in [1.29, 1.82) is 0 Å². The molecular formula is C15H25NOSi. The van der Waals surface area contributed by atoms with E-state index in [0.717, 1.165) is 11.8 Å². The Hall–Kier alpha value is -0.963. The molecule has 0 N–H and O–H groups in total. The van der Waals surface area contributed by atoms with Crippen molar-refractivity contribution in [3.8, 4) is 0 Å². The average molecular weight is 263 g/mol. The third-order valence-corrected chi connectivity index (χ3v) is 11.4. The highest BCUT2D eigenvalue weighted by Crippen LogP contribution is 2.41. The maximum absolute atomic E-state index is 11.3. The zero-order chi connectivity index (χ0) is 13.9. The van der Waals surface area contributed by atoms with Gasteiger partial charge in [-0.15, -0.1) is 0 Å². The highest BCUT2D eigenvalue weighted by atomic mass is 28.3. The minimum atomic E-state index is -1.76. The van der Waals surface area contributed by atoms with Gasteiger partial charge < -0.3 is 0 Å². The molecule has 0 aromatic carbocycles. The lowest BCUT2D eigenvalue weighted by Crippen LogP contribution is -2.57. The summed E-state index contributed by atoms with van der Waals surface area (Å²) in [5.74, 6) is 0. The van der Waals surface area contributed by atoms with Gasteiger partial charge in [0.1, 0.15) is 6.29 Å². The van der Waals surface area contributed by atoms with E-state index in [0.29, 0.717) is 16.6 Å². The number of pyridine rings is 1. The normalized spacial score (nSPS) is 12.5. The van der Waals surface area contributed by atoms with Gasteiger partial charge in [0.25, 0.3) is 0 Å². The topological polar surface area (TPSA) is 30.0 Å². The van der Waals surface area contributed by atoms with E-state index < -0.39 is 8.07 Å². The Morgan fingerprint density at radius 1 is 1.06 bits per heavy atom. The van der Waals surface area contributed by atoms with Crippen LogP contribution in [0.4, 0.5) is 0 Å². The molecule has 1 rings (SSSR count). The lowest BCUT2D eigenvalue weighted by atomic mass is 10.3. The lowest BCUT2D eigenvalue weighted by Gasteiger charge is -2.44. The van der Waals surface area contributed by atoms with Crippen molar-refractivity contribution in [1.82, 2.24) is 4.98 Å². The molecule has 0 aliphatic rings. The van der Waals surface area contributed by atoms with Crippen LogP contribution in [0.2, 0.25) is 16.6 Å². The Balaban J connectivity index is 3.56. The van der Waals surface area contributed by atoms with Crippen molar-refractivity contribution < 1.29 is 4.79 Å². The molecule has 0 radical (unpaired) electrons. The fourth-order valence-electron chi connectivity index (χ4n) is 3.80. The first-order chi connectivity index (χ1) is 8.38. The van der Waals surface area contributed by atoms with Crippen LogP contribution in [0.5, 0.6) is 0 Å². The van der Waals surface area contributed by atoms with Gasteiger partial charge in [0.05, 0.1) is 8.07 Å². The van der Waals surface area contributed by atoms with E-state index in [1.165, 1.54) is 5.19 Å². The van der Waals surface area contributed by atoms with Crippen LogP contribution in [0.1, 0.15) is 51.9 Å². The smallest absolute Gasteiger partial charge is 0.150 e. The fourth-order valence-corrected chi connectivity index (χ4v) is 10.6. The molecule has 0 saturated heterocycles. The highest BCUT2D eigenvalue weighted by Gasteiger charge is 2.45. The highest BCUT2D eigenvalue weighted by molar-refractivity contribution is 6.95. The van der Waals surface area contributed by atoms with E-state index in [1.807, 2.05) is 12.3 Å². The second kappa shape index (κ2) is 5.78. The van der Waals surface area contributed by atoms with Crippen molar-refractivity contribution in [3.05, 3.63) is 24.0 Å². The molecule has 0 atom stereocenters. The summed E-state index contributed by atoms with van der Waals surface area (Å²) in [6.07, 6.45) is 4.65. The molecule has 0 spiro atoms. The quantitative estimate of drug-likeness (QED) is 0.598. The minimum Gasteiger partial charge on any atom is -0.298 e. The number of aldehydes is 1. The second-order valence-corrected chi connectivity index (χ2v) is 11.8. The van der Waals surface area contributed by atoms with Gasteiger partial charge >= 0.3 is 0 Å². The van der Waals surface area contributed by atoms with E-state index in [1.54, 1.807) is 6.20 Å². The zero-order valence-corrected chi connectivity index (χ0v) is 13.4. The first-order valence-electron chi connectivity index (χ1n) is 6.78. The van der Waals surface area contributed by atoms with Gasteiger partial charge in [-0.3, -0.25) is 9.78 Å². The summed E-state index contributed by atoms with van der Waals surface area (Å²) in [6, 6.07) is 1.86. The number of rotatable bonds is 5. The number of hydrogen-bond acceptors (Lipinski definition) is 2. The van der Waals surface area contributed by atoms with Crippen LogP contribution in [0.3, 0.4) is 0 Å². The summed E-state index contributed by atoms with van der Waals surface area (Å²) in [5.41, 5.74) is 2.63. The Bertz CT molecular complexity index is 391. The van der Waals surface area contributed by atoms with Gasteiger partial charge in [0.15, 0.2) is 0 Å². The number of hydrogen-bond donors (Lipinski definition) is 0. The Morgan fingerprint density at radius 2 is 1.56 bits per heavy atom. The van der Waals surface area contributed by atoms with Crippen molar-refractivity contribution in [2.45, 2.75) is 58.2 Å². The van der Waals surface area contributed by atoms with E-state index in [4.69, 9.17) is 0 Å². The summed E-state index contributed by atoms with van der Waals surface area (Å²) in [6.45, 7) is 13.8. The molecule has 2 nitrogen and oxygen atoms in total. The Kier molecular flexibility index (Phi) is 4.85. The number of carbonyl (C=O) groups excluding carboxylic acids is 1. The number of aromatic nitrogens is 1. The molecule has 1 aromatic rings. The predicted octanol–water partition coefficient (Wildman–Crippen LogP) is 3.78. The number of nitrogens with zero attached hydrogens (tertiary/aromatic N) is 1. The van der Waals surface area contributed by atoms with Crippen molar-refractivity contribution >= 4 is 19.5 Å². The third kappa shape index (κ3) is 2.28. The summed E-state index contributed by atoms with van der Waals surface area (Å²) < 4.78 is 0. The molecule has 100 valence electrons. The van der Waals surface area contributed by atoms with Gasteiger partial charge in [0, 0.05) is 18.0 Å². The maximum Gasteiger partial charge on any atom is 0.150 e. The molecule has 0 bridgehead atoms. The van der Waals surface area contributed by atoms with Crippen LogP contribution in [0.25, 0.3) is 0 Å². The molecule has 0 aliphatic heterocycles. The van der Waals surface area contributed by atoms with Gasteiger partial charge in [0.2, 0.25) is 0 Å². The molecule has 3 heteroatoms. The summed E-state index contributed by atoms with van der Waals surface area (Å²) >= 11 is 0. The van der Waals surface area contributed by atoms with Crippen LogP contribution in [-0.4, -0.2) is 19.3 Å². The van der Waals surface area contributed by atoms with E-state index in [-0.39, 0.29) is 0 Å². The van der Waals surface area contributed by atoms with Gasteiger partial charge in [-0.05, 0) is 27.9 Å². The largest absolute Gasteiger partial charge is 0.298 e. The average Bonchev–Trinajstić information content (AvgIpc) is 2.29. The first-order valence-corrected chi connectivity index (χ1v) is 9.01. The van der Waals surface area contributed by atoms with Crippen LogP contribution in [-0.2, 0) is 0 Å². The molecule has 0 amide bonds.